The molecule has 3 aromatic rings. The van der Waals surface area contributed by atoms with Crippen LogP contribution in [0.1, 0.15) is 10.4 Å². The smallest absolute Gasteiger partial charge is 0.224 e. The van der Waals surface area contributed by atoms with Gasteiger partial charge in [0.2, 0.25) is 5.95 Å². The van der Waals surface area contributed by atoms with Gasteiger partial charge in [0, 0.05) is 24.2 Å². The Morgan fingerprint density at radius 2 is 2.04 bits per heavy atom. The summed E-state index contributed by atoms with van der Waals surface area (Å²) < 4.78 is 10.8. The highest BCUT2D eigenvalue weighted by Crippen LogP contribution is 2.31. The quantitative estimate of drug-likeness (QED) is 0.682. The maximum absolute atomic E-state index is 11.2. The topological polar surface area (TPSA) is 116 Å². The monoisotopic (exact) mass is 366 g/mol. The van der Waals surface area contributed by atoms with E-state index in [0.29, 0.717) is 65.9 Å². The van der Waals surface area contributed by atoms with Crippen LogP contribution in [0.2, 0.25) is 0 Å². The van der Waals surface area contributed by atoms with Gasteiger partial charge in [-0.05, 0) is 18.2 Å². The molecule has 4 rings (SSSR count). The Morgan fingerprint density at radius 1 is 1.22 bits per heavy atom. The number of nitrogens with two attached hydrogens (primary N) is 1. The molecule has 1 aliphatic heterocycles. The Hall–Kier alpha value is -3.33. The molecule has 1 aliphatic rings. The number of ether oxygens (including phenoxy) is 2. The summed E-state index contributed by atoms with van der Waals surface area (Å²) in [4.78, 5) is 30.9. The van der Waals surface area contributed by atoms with Crippen molar-refractivity contribution in [2.24, 2.45) is 0 Å². The molecule has 0 unspecified atom stereocenters. The molecule has 1 aromatic carbocycles. The fraction of sp³-hybridized carbons (Fsp3) is 0.278. The number of methoxy groups -OCH3 is 1. The lowest BCUT2D eigenvalue weighted by Gasteiger charge is -2.28. The standard InChI is InChI=1S/C18H18N6O3/c1-26-14-3-2-11(10-25)8-12(14)13-9-20-16-15(21-13)17(23-18(19)22-16)24-4-6-27-7-5-24/h2-3,8-10H,4-7H2,1H3,(H2,19,20,22,23). The van der Waals surface area contributed by atoms with E-state index in [0.717, 1.165) is 6.29 Å². The molecule has 1 saturated heterocycles. The molecule has 138 valence electrons. The van der Waals surface area contributed by atoms with Gasteiger partial charge < -0.3 is 20.1 Å². The highest BCUT2D eigenvalue weighted by molar-refractivity contribution is 5.87. The van der Waals surface area contributed by atoms with Gasteiger partial charge in [0.15, 0.2) is 17.0 Å². The third-order valence-corrected chi connectivity index (χ3v) is 4.35. The number of fused-ring (bicyclic) bond motifs is 1. The molecule has 3 heterocycles. The molecular weight excluding hydrogens is 348 g/mol. The first-order chi connectivity index (χ1) is 13.2. The molecule has 2 aromatic heterocycles. The molecule has 9 heteroatoms. The van der Waals surface area contributed by atoms with Gasteiger partial charge in [-0.25, -0.2) is 9.97 Å². The Morgan fingerprint density at radius 3 is 2.78 bits per heavy atom. The van der Waals surface area contributed by atoms with Gasteiger partial charge in [-0.1, -0.05) is 0 Å². The molecule has 0 amide bonds. The SMILES string of the molecule is COc1ccc(C=O)cc1-c1cnc2nc(N)nc(N3CCOCC3)c2n1. The van der Waals surface area contributed by atoms with Crippen molar-refractivity contribution in [3.8, 4) is 17.0 Å². The molecule has 0 bridgehead atoms. The maximum atomic E-state index is 11.2. The lowest BCUT2D eigenvalue weighted by molar-refractivity contribution is 0.112. The lowest BCUT2D eigenvalue weighted by Crippen LogP contribution is -2.37. The molecule has 0 radical (unpaired) electrons. The number of hydrogen-bond donors (Lipinski definition) is 1. The van der Waals surface area contributed by atoms with Crippen LogP contribution in [0, 0.1) is 0 Å². The minimum Gasteiger partial charge on any atom is -0.496 e. The van der Waals surface area contributed by atoms with Crippen LogP contribution in [-0.2, 0) is 4.74 Å². The average molecular weight is 366 g/mol. The molecule has 2 N–H and O–H groups in total. The summed E-state index contributed by atoms with van der Waals surface area (Å²) in [6.07, 6.45) is 2.37. The predicted octanol–water partition coefficient (Wildman–Crippen LogP) is 1.33. The Kier molecular flexibility index (Phi) is 4.51. The number of aldehydes is 1. The average Bonchev–Trinajstić information content (AvgIpc) is 2.73. The van der Waals surface area contributed by atoms with Gasteiger partial charge in [-0.15, -0.1) is 0 Å². The number of anilines is 2. The summed E-state index contributed by atoms with van der Waals surface area (Å²) >= 11 is 0. The fourth-order valence-corrected chi connectivity index (χ4v) is 3.03. The van der Waals surface area contributed by atoms with Gasteiger partial charge in [0.1, 0.15) is 12.0 Å². The van der Waals surface area contributed by atoms with Crippen LogP contribution in [0.4, 0.5) is 11.8 Å². The van der Waals surface area contributed by atoms with Crippen LogP contribution in [-0.4, -0.2) is 59.6 Å². The van der Waals surface area contributed by atoms with Gasteiger partial charge in [-0.2, -0.15) is 9.97 Å². The number of carbonyl (C=O) groups is 1. The second kappa shape index (κ2) is 7.12. The number of benzene rings is 1. The highest BCUT2D eigenvalue weighted by Gasteiger charge is 2.20. The third-order valence-electron chi connectivity index (χ3n) is 4.35. The van der Waals surface area contributed by atoms with Crippen LogP contribution in [0.15, 0.2) is 24.4 Å². The molecule has 27 heavy (non-hydrogen) atoms. The maximum Gasteiger partial charge on any atom is 0.224 e. The zero-order valence-corrected chi connectivity index (χ0v) is 14.8. The molecular formula is C18H18N6O3. The van der Waals surface area contributed by atoms with E-state index < -0.39 is 0 Å². The Balaban J connectivity index is 1.89. The fourth-order valence-electron chi connectivity index (χ4n) is 3.03. The van der Waals surface area contributed by atoms with Crippen LogP contribution in [0.3, 0.4) is 0 Å². The first-order valence-corrected chi connectivity index (χ1v) is 8.46. The third kappa shape index (κ3) is 3.24. The van der Waals surface area contributed by atoms with Crippen molar-refractivity contribution in [3.63, 3.8) is 0 Å². The van der Waals surface area contributed by atoms with Crippen molar-refractivity contribution in [1.29, 1.82) is 0 Å². The summed E-state index contributed by atoms with van der Waals surface area (Å²) in [6, 6.07) is 5.13. The number of aromatic nitrogens is 4. The number of morpholine rings is 1. The number of rotatable bonds is 4. The van der Waals surface area contributed by atoms with E-state index in [1.54, 1.807) is 31.5 Å². The molecule has 0 atom stereocenters. The van der Waals surface area contributed by atoms with Crippen LogP contribution in [0.5, 0.6) is 5.75 Å². The summed E-state index contributed by atoms with van der Waals surface area (Å²) in [5.41, 5.74) is 8.57. The predicted molar refractivity (Wildman–Crippen MR) is 99.9 cm³/mol. The van der Waals surface area contributed by atoms with Crippen molar-refractivity contribution >= 4 is 29.2 Å². The van der Waals surface area contributed by atoms with Crippen molar-refractivity contribution in [1.82, 2.24) is 19.9 Å². The zero-order valence-electron chi connectivity index (χ0n) is 14.8. The summed E-state index contributed by atoms with van der Waals surface area (Å²) in [6.45, 7) is 2.57. The van der Waals surface area contributed by atoms with Crippen LogP contribution < -0.4 is 15.4 Å². The van der Waals surface area contributed by atoms with Crippen LogP contribution >= 0.6 is 0 Å². The van der Waals surface area contributed by atoms with Crippen molar-refractivity contribution < 1.29 is 14.3 Å². The zero-order chi connectivity index (χ0) is 18.8. The van der Waals surface area contributed by atoms with E-state index >= 15 is 0 Å². The van der Waals surface area contributed by atoms with Crippen molar-refractivity contribution in [2.75, 3.05) is 44.0 Å². The molecule has 9 nitrogen and oxygen atoms in total. The van der Waals surface area contributed by atoms with E-state index in [1.807, 2.05) is 0 Å². The number of nitrogens with zero attached hydrogens (tertiary/aromatic N) is 5. The van der Waals surface area contributed by atoms with Gasteiger partial charge in [0.05, 0.1) is 32.2 Å². The number of hydrogen-bond acceptors (Lipinski definition) is 9. The Bertz CT molecular complexity index is 1000. The summed E-state index contributed by atoms with van der Waals surface area (Å²) in [5.74, 6) is 1.37. The number of nitrogen functional groups attached to an aromatic ring is 1. The van der Waals surface area contributed by atoms with E-state index in [9.17, 15) is 4.79 Å². The largest absolute Gasteiger partial charge is 0.496 e. The number of carbonyl (C=O) groups excluding carboxylic acids is 1. The van der Waals surface area contributed by atoms with Gasteiger partial charge >= 0.3 is 0 Å². The minimum atomic E-state index is 0.145. The van der Waals surface area contributed by atoms with Crippen LogP contribution in [0.25, 0.3) is 22.4 Å². The lowest BCUT2D eigenvalue weighted by atomic mass is 10.1. The van der Waals surface area contributed by atoms with E-state index in [1.165, 1.54) is 0 Å². The first-order valence-electron chi connectivity index (χ1n) is 8.46. The molecule has 1 fully saturated rings. The van der Waals surface area contributed by atoms with E-state index in [-0.39, 0.29) is 5.95 Å². The highest BCUT2D eigenvalue weighted by atomic mass is 16.5. The van der Waals surface area contributed by atoms with Crippen molar-refractivity contribution in [3.05, 3.63) is 30.0 Å². The minimum absolute atomic E-state index is 0.145. The second-order valence-corrected chi connectivity index (χ2v) is 6.01. The first kappa shape index (κ1) is 17.1. The molecule has 0 spiro atoms. The second-order valence-electron chi connectivity index (χ2n) is 6.01. The molecule has 0 aliphatic carbocycles. The van der Waals surface area contributed by atoms with E-state index in [2.05, 4.69) is 19.9 Å². The van der Waals surface area contributed by atoms with Crippen molar-refractivity contribution in [2.45, 2.75) is 0 Å². The Labute approximate surface area is 155 Å². The summed E-state index contributed by atoms with van der Waals surface area (Å²) in [5, 5.41) is 0. The summed E-state index contributed by atoms with van der Waals surface area (Å²) in [7, 11) is 1.57. The molecule has 0 saturated carbocycles. The van der Waals surface area contributed by atoms with E-state index in [4.69, 9.17) is 20.2 Å². The van der Waals surface area contributed by atoms with Gasteiger partial charge in [-0.3, -0.25) is 4.79 Å². The normalized spacial score (nSPS) is 14.3. The van der Waals surface area contributed by atoms with Gasteiger partial charge in [0.25, 0.3) is 0 Å².